The molecule has 0 heterocycles. The molecule has 0 atom stereocenters. The van der Waals surface area contributed by atoms with Crippen molar-refractivity contribution >= 4 is 12.6 Å². The molecule has 0 spiro atoms. The molecule has 1 rings (SSSR count). The van der Waals surface area contributed by atoms with E-state index in [0.29, 0.717) is 30.1 Å². The van der Waals surface area contributed by atoms with Gasteiger partial charge in [-0.15, -0.1) is 11.6 Å². The first kappa shape index (κ1) is 9.44. The van der Waals surface area contributed by atoms with E-state index in [-0.39, 0.29) is 19.5 Å². The van der Waals surface area contributed by atoms with Crippen molar-refractivity contribution < 1.29 is 29.1 Å². The fourth-order valence-electron chi connectivity index (χ4n) is 0.704. The van der Waals surface area contributed by atoms with Gasteiger partial charge in [0.1, 0.15) is 0 Å². The summed E-state index contributed by atoms with van der Waals surface area (Å²) in [6.07, 6.45) is 6.31. The van der Waals surface area contributed by atoms with Crippen LogP contribution in [0, 0.1) is 6.08 Å². The van der Waals surface area contributed by atoms with Crippen LogP contribution in [0.5, 0.6) is 0 Å². The number of carbonyl (C=O) groups is 2. The molecule has 3 heteroatoms. The van der Waals surface area contributed by atoms with E-state index in [0.717, 1.165) is 0 Å². The van der Waals surface area contributed by atoms with Crippen LogP contribution in [0.1, 0.15) is 6.42 Å². The molecule has 0 amide bonds. The second-order valence-electron chi connectivity index (χ2n) is 1.69. The third-order valence-corrected chi connectivity index (χ3v) is 1.17. The molecule has 0 saturated heterocycles. The van der Waals surface area contributed by atoms with Gasteiger partial charge in [-0.2, -0.15) is 6.08 Å². The SMILES string of the molecule is O=CC1=[C-]CC=C1C=O.[Rh]. The Bertz CT molecular complexity index is 182. The van der Waals surface area contributed by atoms with Gasteiger partial charge >= 0.3 is 0 Å². The zero-order valence-electron chi connectivity index (χ0n) is 5.09. The standard InChI is InChI=1S/C7H5O2.Rh/c8-4-6-2-1-3-7(6)5-9;/h2,4-5H,1H2;/q-1;. The molecule has 0 fully saturated rings. The van der Waals surface area contributed by atoms with Gasteiger partial charge in [0.05, 0.1) is 6.29 Å². The second-order valence-corrected chi connectivity index (χ2v) is 1.69. The van der Waals surface area contributed by atoms with E-state index in [1.807, 2.05) is 0 Å². The van der Waals surface area contributed by atoms with Crippen LogP contribution in [0.4, 0.5) is 0 Å². The number of aldehydes is 2. The molecule has 0 aromatic heterocycles. The van der Waals surface area contributed by atoms with Crippen LogP contribution < -0.4 is 0 Å². The Balaban J connectivity index is 0.000000810. The molecule has 0 N–H and O–H groups in total. The van der Waals surface area contributed by atoms with Crippen LogP contribution in [0.25, 0.3) is 0 Å². The normalized spacial score (nSPS) is 14.8. The van der Waals surface area contributed by atoms with Gasteiger partial charge in [-0.1, -0.05) is 12.0 Å². The minimum Gasteiger partial charge on any atom is -0.374 e. The van der Waals surface area contributed by atoms with Crippen LogP contribution >= 0.6 is 0 Å². The van der Waals surface area contributed by atoms with E-state index >= 15 is 0 Å². The molecule has 0 aromatic carbocycles. The van der Waals surface area contributed by atoms with E-state index in [1.165, 1.54) is 0 Å². The minimum atomic E-state index is 0. The maximum absolute atomic E-state index is 10.1. The summed E-state index contributed by atoms with van der Waals surface area (Å²) in [5.74, 6) is 0. The van der Waals surface area contributed by atoms with Crippen molar-refractivity contribution in [3.63, 3.8) is 0 Å². The first-order valence-corrected chi connectivity index (χ1v) is 2.60. The third-order valence-electron chi connectivity index (χ3n) is 1.17. The van der Waals surface area contributed by atoms with Gasteiger partial charge in [0, 0.05) is 25.8 Å². The Morgan fingerprint density at radius 3 is 2.50 bits per heavy atom. The molecule has 10 heavy (non-hydrogen) atoms. The van der Waals surface area contributed by atoms with Gasteiger partial charge in [0.15, 0.2) is 0 Å². The predicted molar refractivity (Wildman–Crippen MR) is 31.6 cm³/mol. The Morgan fingerprint density at radius 1 is 1.40 bits per heavy atom. The summed E-state index contributed by atoms with van der Waals surface area (Å²) in [5.41, 5.74) is 0.856. The van der Waals surface area contributed by atoms with Gasteiger partial charge in [0.2, 0.25) is 0 Å². The minimum absolute atomic E-state index is 0. The average molecular weight is 224 g/mol. The maximum Gasteiger partial charge on any atom is 0.0953 e. The number of hydrogen-bond acceptors (Lipinski definition) is 2. The van der Waals surface area contributed by atoms with Gasteiger partial charge in [-0.05, 0) is 0 Å². The van der Waals surface area contributed by atoms with Crippen molar-refractivity contribution in [3.8, 4) is 0 Å². The fourth-order valence-corrected chi connectivity index (χ4v) is 0.704. The molecule has 0 unspecified atom stereocenters. The zero-order chi connectivity index (χ0) is 6.69. The summed E-state index contributed by atoms with van der Waals surface area (Å²) in [5, 5.41) is 0. The van der Waals surface area contributed by atoms with Crippen molar-refractivity contribution in [1.29, 1.82) is 0 Å². The summed E-state index contributed by atoms with van der Waals surface area (Å²) in [6.45, 7) is 0. The molecule has 2 nitrogen and oxygen atoms in total. The molecule has 0 bridgehead atoms. The van der Waals surface area contributed by atoms with Crippen LogP contribution in [0.15, 0.2) is 17.2 Å². The van der Waals surface area contributed by atoms with E-state index in [9.17, 15) is 9.59 Å². The summed E-state index contributed by atoms with van der Waals surface area (Å²) in [7, 11) is 0. The van der Waals surface area contributed by atoms with E-state index in [2.05, 4.69) is 6.08 Å². The molecule has 1 radical (unpaired) electrons. The van der Waals surface area contributed by atoms with E-state index < -0.39 is 0 Å². The first-order valence-electron chi connectivity index (χ1n) is 2.60. The predicted octanol–water partition coefficient (Wildman–Crippen LogP) is 0.441. The smallest absolute Gasteiger partial charge is 0.0953 e. The fraction of sp³-hybridized carbons (Fsp3) is 0.143. The van der Waals surface area contributed by atoms with Crippen LogP contribution in [0.2, 0.25) is 0 Å². The molecule has 1 aliphatic carbocycles. The number of hydrogen-bond donors (Lipinski definition) is 0. The molecule has 1 aliphatic rings. The van der Waals surface area contributed by atoms with E-state index in [1.54, 1.807) is 6.08 Å². The maximum atomic E-state index is 10.1. The molecule has 55 valence electrons. The summed E-state index contributed by atoms with van der Waals surface area (Å²) in [6, 6.07) is 0. The quantitative estimate of drug-likeness (QED) is 0.387. The van der Waals surface area contributed by atoms with Gasteiger partial charge in [0.25, 0.3) is 0 Å². The number of carbonyl (C=O) groups excluding carboxylic acids is 2. The van der Waals surface area contributed by atoms with Crippen molar-refractivity contribution in [2.24, 2.45) is 0 Å². The summed E-state index contributed by atoms with van der Waals surface area (Å²) >= 11 is 0. The second kappa shape index (κ2) is 4.29. The molecular formula is C7H5O2Rh-. The largest absolute Gasteiger partial charge is 0.374 e. The average Bonchev–Trinajstić information content (AvgIpc) is 2.33. The zero-order valence-corrected chi connectivity index (χ0v) is 6.73. The molecule has 0 aromatic rings. The van der Waals surface area contributed by atoms with E-state index in [4.69, 9.17) is 0 Å². The Kier molecular flexibility index (Phi) is 4.05. The van der Waals surface area contributed by atoms with Gasteiger partial charge in [-0.3, -0.25) is 0 Å². The number of allylic oxidation sites excluding steroid dienone is 4. The van der Waals surface area contributed by atoms with Crippen LogP contribution in [-0.2, 0) is 29.1 Å². The summed E-state index contributed by atoms with van der Waals surface area (Å²) < 4.78 is 0. The first-order chi connectivity index (χ1) is 4.38. The third kappa shape index (κ3) is 1.71. The Morgan fingerprint density at radius 2 is 2.10 bits per heavy atom. The van der Waals surface area contributed by atoms with Crippen molar-refractivity contribution in [3.05, 3.63) is 23.3 Å². The summed E-state index contributed by atoms with van der Waals surface area (Å²) in [4.78, 5) is 20.2. The van der Waals surface area contributed by atoms with Crippen LogP contribution in [0.3, 0.4) is 0 Å². The Hall–Kier alpha value is -0.557. The topological polar surface area (TPSA) is 34.1 Å². The van der Waals surface area contributed by atoms with Crippen molar-refractivity contribution in [2.75, 3.05) is 0 Å². The molecule has 0 aliphatic heterocycles. The number of rotatable bonds is 2. The van der Waals surface area contributed by atoms with Crippen molar-refractivity contribution in [1.82, 2.24) is 0 Å². The monoisotopic (exact) mass is 224 g/mol. The molecule has 0 saturated carbocycles. The van der Waals surface area contributed by atoms with Gasteiger partial charge in [-0.25, -0.2) is 0 Å². The van der Waals surface area contributed by atoms with Crippen LogP contribution in [-0.4, -0.2) is 12.6 Å². The molecular weight excluding hydrogens is 219 g/mol. The van der Waals surface area contributed by atoms with Gasteiger partial charge < -0.3 is 9.59 Å². The van der Waals surface area contributed by atoms with Crippen molar-refractivity contribution in [2.45, 2.75) is 6.42 Å². The Labute approximate surface area is 71.8 Å².